The minimum absolute atomic E-state index is 0.0442. The molecule has 1 saturated heterocycles. The molecule has 4 rings (SSSR count). The summed E-state index contributed by atoms with van der Waals surface area (Å²) in [5.41, 5.74) is 1.16. The first-order valence-electron chi connectivity index (χ1n) is 11.0. The van der Waals surface area contributed by atoms with E-state index in [2.05, 4.69) is 9.55 Å². The van der Waals surface area contributed by atoms with Crippen molar-refractivity contribution in [2.75, 3.05) is 31.6 Å². The number of rotatable bonds is 4. The van der Waals surface area contributed by atoms with Crippen LogP contribution in [0.2, 0.25) is 0 Å². The van der Waals surface area contributed by atoms with E-state index in [0.29, 0.717) is 31.8 Å². The molecule has 0 atom stereocenters. The molecule has 3 heterocycles. The van der Waals surface area contributed by atoms with Crippen LogP contribution in [0.4, 0.5) is 13.2 Å². The van der Waals surface area contributed by atoms with E-state index >= 15 is 0 Å². The lowest BCUT2D eigenvalue weighted by molar-refractivity contribution is -0.192. The van der Waals surface area contributed by atoms with Crippen molar-refractivity contribution in [3.05, 3.63) is 42.4 Å². The Bertz CT molecular complexity index is 1300. The topological polar surface area (TPSA) is 130 Å². The lowest BCUT2D eigenvalue weighted by Gasteiger charge is -2.49. The molecule has 36 heavy (non-hydrogen) atoms. The number of carbonyl (C=O) groups is 1. The fourth-order valence-corrected chi connectivity index (χ4v) is 7.02. The number of piperidine rings is 1. The number of fused-ring (bicyclic) bond motifs is 2. The first-order valence-corrected chi connectivity index (χ1v) is 14.5. The van der Waals surface area contributed by atoms with Gasteiger partial charge in [0.2, 0.25) is 20.0 Å². The molecule has 0 aliphatic carbocycles. The maximum absolute atomic E-state index is 12.6. The van der Waals surface area contributed by atoms with Crippen molar-refractivity contribution in [2.45, 2.75) is 38.0 Å². The number of halogens is 3. The largest absolute Gasteiger partial charge is 0.490 e. The van der Waals surface area contributed by atoms with E-state index in [4.69, 9.17) is 9.90 Å². The van der Waals surface area contributed by atoms with Gasteiger partial charge in [-0.2, -0.15) is 17.5 Å². The number of nitrogens with zero attached hydrogens (tertiary/aromatic N) is 4. The third-order valence-electron chi connectivity index (χ3n) is 6.30. The minimum Gasteiger partial charge on any atom is -0.475 e. The van der Waals surface area contributed by atoms with Crippen molar-refractivity contribution in [1.29, 1.82) is 0 Å². The van der Waals surface area contributed by atoms with Gasteiger partial charge in [-0.05, 0) is 25.3 Å². The fraction of sp³-hybridized carbons (Fsp3) is 0.524. The molecule has 1 aromatic heterocycles. The SMILES string of the molecule is CCS(=O)(=O)N1CCC2(CC1)c1ncc(-c3ccccc3)n1CCN2S(C)(=O)=O.O=C(O)C(F)(F)F. The molecule has 0 unspecified atom stereocenters. The Hall–Kier alpha value is -2.49. The minimum atomic E-state index is -5.08. The van der Waals surface area contributed by atoms with Crippen molar-refractivity contribution in [3.63, 3.8) is 0 Å². The summed E-state index contributed by atoms with van der Waals surface area (Å²) in [4.78, 5) is 13.6. The van der Waals surface area contributed by atoms with Crippen molar-refractivity contribution in [1.82, 2.24) is 18.2 Å². The highest BCUT2D eigenvalue weighted by Gasteiger charge is 2.51. The molecule has 1 fully saturated rings. The quantitative estimate of drug-likeness (QED) is 0.615. The molecule has 2 aromatic rings. The van der Waals surface area contributed by atoms with Gasteiger partial charge in [0.1, 0.15) is 5.82 Å². The monoisotopic (exact) mass is 552 g/mol. The second-order valence-corrected chi connectivity index (χ2v) is 12.6. The van der Waals surface area contributed by atoms with E-state index in [9.17, 15) is 30.0 Å². The van der Waals surface area contributed by atoms with Gasteiger partial charge in [0.25, 0.3) is 0 Å². The van der Waals surface area contributed by atoms with Crippen molar-refractivity contribution in [2.24, 2.45) is 0 Å². The molecule has 1 aromatic carbocycles. The van der Waals surface area contributed by atoms with Crippen molar-refractivity contribution < 1.29 is 39.9 Å². The average molecular weight is 553 g/mol. The first-order chi connectivity index (χ1) is 16.6. The van der Waals surface area contributed by atoms with Gasteiger partial charge >= 0.3 is 12.1 Å². The Morgan fingerprint density at radius 2 is 1.61 bits per heavy atom. The Kier molecular flexibility index (Phi) is 7.89. The van der Waals surface area contributed by atoms with Gasteiger partial charge in [0.15, 0.2) is 0 Å². The number of alkyl halides is 3. The predicted octanol–water partition coefficient (Wildman–Crippen LogP) is 2.10. The molecular weight excluding hydrogens is 525 g/mol. The summed E-state index contributed by atoms with van der Waals surface area (Å²) >= 11 is 0. The second kappa shape index (κ2) is 10.1. The van der Waals surface area contributed by atoms with Crippen molar-refractivity contribution in [3.8, 4) is 11.3 Å². The van der Waals surface area contributed by atoms with Crippen LogP contribution in [0.25, 0.3) is 11.3 Å². The van der Waals surface area contributed by atoms with Crippen LogP contribution in [-0.2, 0) is 36.9 Å². The average Bonchev–Trinajstić information content (AvgIpc) is 3.25. The smallest absolute Gasteiger partial charge is 0.475 e. The van der Waals surface area contributed by atoms with Gasteiger partial charge < -0.3 is 9.67 Å². The molecule has 0 saturated carbocycles. The standard InChI is InChI=1S/C19H26N4O4S2.C2HF3O2/c1-3-29(26,27)21-11-9-19(10-12-21)18-20-15-17(16-7-5-4-6-8-16)22(18)13-14-23(19)28(2,24)25;3-2(4,5)1(6)7/h4-8,15H,3,9-14H2,1-2H3;(H,6,7). The second-order valence-electron chi connectivity index (χ2n) is 8.45. The van der Waals surface area contributed by atoms with Crippen LogP contribution in [-0.4, -0.2) is 83.9 Å². The molecule has 0 amide bonds. The van der Waals surface area contributed by atoms with Crippen LogP contribution in [0.3, 0.4) is 0 Å². The summed E-state index contributed by atoms with van der Waals surface area (Å²) in [6.07, 6.45) is -1.27. The lowest BCUT2D eigenvalue weighted by Crippen LogP contribution is -2.59. The van der Waals surface area contributed by atoms with Crippen LogP contribution in [0.15, 0.2) is 36.5 Å². The lowest BCUT2D eigenvalue weighted by atomic mass is 9.86. The molecule has 2 aliphatic heterocycles. The Morgan fingerprint density at radius 1 is 1.06 bits per heavy atom. The van der Waals surface area contributed by atoms with Gasteiger partial charge in [0, 0.05) is 26.2 Å². The van der Waals surface area contributed by atoms with E-state index in [1.165, 1.54) is 14.9 Å². The van der Waals surface area contributed by atoms with Gasteiger partial charge in [0.05, 0.1) is 29.4 Å². The summed E-state index contributed by atoms with van der Waals surface area (Å²) in [7, 11) is -6.78. The van der Waals surface area contributed by atoms with Gasteiger partial charge in [-0.15, -0.1) is 0 Å². The molecule has 0 radical (unpaired) electrons. The Morgan fingerprint density at radius 3 is 2.08 bits per heavy atom. The van der Waals surface area contributed by atoms with Crippen LogP contribution < -0.4 is 0 Å². The number of benzene rings is 1. The third-order valence-corrected chi connectivity index (χ3v) is 9.51. The maximum atomic E-state index is 12.6. The van der Waals surface area contributed by atoms with Gasteiger partial charge in [-0.25, -0.2) is 30.9 Å². The molecule has 200 valence electrons. The maximum Gasteiger partial charge on any atom is 0.490 e. The number of imidazole rings is 1. The number of hydrogen-bond donors (Lipinski definition) is 1. The first kappa shape index (κ1) is 28.1. The molecule has 10 nitrogen and oxygen atoms in total. The van der Waals surface area contributed by atoms with E-state index in [1.807, 2.05) is 30.3 Å². The van der Waals surface area contributed by atoms with Crippen LogP contribution in [0.5, 0.6) is 0 Å². The predicted molar refractivity (Wildman–Crippen MR) is 125 cm³/mol. The third kappa shape index (κ3) is 5.58. The summed E-state index contributed by atoms with van der Waals surface area (Å²) in [5, 5.41) is 7.12. The highest BCUT2D eigenvalue weighted by Crippen LogP contribution is 2.44. The summed E-state index contributed by atoms with van der Waals surface area (Å²) < 4.78 is 86.7. The number of carboxylic acids is 1. The summed E-state index contributed by atoms with van der Waals surface area (Å²) in [5.74, 6) is -2.00. The van der Waals surface area contributed by atoms with Crippen molar-refractivity contribution >= 4 is 26.0 Å². The van der Waals surface area contributed by atoms with E-state index in [0.717, 1.165) is 11.3 Å². The highest BCUT2D eigenvalue weighted by molar-refractivity contribution is 7.89. The van der Waals surface area contributed by atoms with Gasteiger partial charge in [-0.1, -0.05) is 30.3 Å². The van der Waals surface area contributed by atoms with Crippen LogP contribution in [0.1, 0.15) is 25.6 Å². The zero-order valence-electron chi connectivity index (χ0n) is 19.6. The highest BCUT2D eigenvalue weighted by atomic mass is 32.2. The Labute approximate surface area is 207 Å². The zero-order chi connectivity index (χ0) is 26.9. The molecule has 1 spiro atoms. The van der Waals surface area contributed by atoms with Crippen LogP contribution >= 0.6 is 0 Å². The molecular formula is C21H27F3N4O6S2. The summed E-state index contributed by atoms with van der Waals surface area (Å²) in [6.45, 7) is 3.07. The number of sulfonamides is 2. The number of aromatic nitrogens is 2. The van der Waals surface area contributed by atoms with E-state index in [-0.39, 0.29) is 18.8 Å². The molecule has 1 N–H and O–H groups in total. The molecule has 0 bridgehead atoms. The number of aliphatic carboxylic acids is 1. The van der Waals surface area contributed by atoms with E-state index < -0.39 is 37.7 Å². The fourth-order valence-electron chi connectivity index (χ4n) is 4.60. The summed E-state index contributed by atoms with van der Waals surface area (Å²) in [6, 6.07) is 9.90. The molecule has 15 heteroatoms. The van der Waals surface area contributed by atoms with Gasteiger partial charge in [-0.3, -0.25) is 0 Å². The number of carboxylic acid groups (broad SMARTS) is 1. The number of hydrogen-bond acceptors (Lipinski definition) is 6. The normalized spacial score (nSPS) is 18.8. The zero-order valence-corrected chi connectivity index (χ0v) is 21.3. The van der Waals surface area contributed by atoms with Crippen LogP contribution in [0, 0.1) is 0 Å². The molecule has 2 aliphatic rings. The van der Waals surface area contributed by atoms with E-state index in [1.54, 1.807) is 13.1 Å². The Balaban J connectivity index is 0.000000454.